The van der Waals surface area contributed by atoms with Crippen LogP contribution in [0.15, 0.2) is 0 Å². The number of hydrogen-bond acceptors (Lipinski definition) is 8. The van der Waals surface area contributed by atoms with Crippen molar-refractivity contribution in [3.63, 3.8) is 0 Å². The van der Waals surface area contributed by atoms with Crippen LogP contribution in [0.4, 0.5) is 0 Å². The van der Waals surface area contributed by atoms with E-state index in [-0.39, 0.29) is 0 Å². The molecule has 0 fully saturated rings. The summed E-state index contributed by atoms with van der Waals surface area (Å²) in [7, 11) is -9.89. The molecule has 12 heteroatoms. The van der Waals surface area contributed by atoms with Crippen molar-refractivity contribution in [2.24, 2.45) is 0 Å². The normalized spacial score (nSPS) is 11.1. The second-order valence-corrected chi connectivity index (χ2v) is 3.37. The molecule has 0 bridgehead atoms. The molecule has 0 rings (SSSR count). The van der Waals surface area contributed by atoms with Crippen molar-refractivity contribution in [3.05, 3.63) is 0 Å². The average Bonchev–Trinajstić information content (AvgIpc) is 1.45. The molecule has 10 nitrogen and oxygen atoms in total. The first-order valence-electron chi connectivity index (χ1n) is 2.63. The Hall–Kier alpha value is 0.180. The van der Waals surface area contributed by atoms with E-state index in [9.17, 15) is 0 Å². The highest BCUT2D eigenvalue weighted by atomic mass is 35.7. The summed E-state index contributed by atoms with van der Waals surface area (Å²) in [4.78, 5) is 0. The van der Waals surface area contributed by atoms with E-state index >= 15 is 0 Å². The van der Waals surface area contributed by atoms with Gasteiger partial charge in [-0.05, 0) is 0 Å². The predicted octanol–water partition coefficient (Wildman–Crippen LogP) is -11.7. The third-order valence-corrected chi connectivity index (χ3v) is 0. The molecule has 0 aromatic carbocycles. The molecule has 0 saturated carbocycles. The molecule has 0 saturated heterocycles. The van der Waals surface area contributed by atoms with E-state index in [0.717, 1.165) is 0 Å². The summed E-state index contributed by atoms with van der Waals surface area (Å²) >= 11 is 0. The Kier molecular flexibility index (Phi) is 11.9. The molecule has 0 amide bonds. The molecule has 0 aromatic rings. The Morgan fingerprint density at radius 3 is 0.714 bits per heavy atom. The number of quaternary nitrogens is 2. The van der Waals surface area contributed by atoms with E-state index in [1.807, 2.05) is 6.92 Å². The smallest absolute Gasteiger partial charge is 0.204 e. The van der Waals surface area contributed by atoms with Crippen LogP contribution in [0.1, 0.15) is 6.92 Å². The van der Waals surface area contributed by atoms with Gasteiger partial charge in [0.1, 0.15) is 0 Å². The van der Waals surface area contributed by atoms with Gasteiger partial charge in [0, 0.05) is 6.92 Å². The highest BCUT2D eigenvalue weighted by Crippen LogP contribution is 1.50. The second kappa shape index (κ2) is 8.49. The zero-order chi connectivity index (χ0) is 12.6. The molecule has 0 aliphatic heterocycles. The first-order chi connectivity index (χ1) is 5.73. The number of halogens is 2. The maximum Gasteiger partial charge on any atom is 0.204 e. The molecular weight excluding hydrogens is 251 g/mol. The summed E-state index contributed by atoms with van der Waals surface area (Å²) in [6.07, 6.45) is 0.333. The highest BCUT2D eigenvalue weighted by Gasteiger charge is 1.84. The SMILES string of the molecule is CC([NH3+])[NH3+].[O-][Cl+3]([O-])([O-])[O-].[O-][Cl+3]([O-])([O-])[O-]. The van der Waals surface area contributed by atoms with Crippen molar-refractivity contribution in [1.82, 2.24) is 0 Å². The van der Waals surface area contributed by atoms with Gasteiger partial charge in [-0.1, -0.05) is 0 Å². The number of hydrogen-bond donors (Lipinski definition) is 2. The molecule has 0 unspecified atom stereocenters. The van der Waals surface area contributed by atoms with E-state index in [1.165, 1.54) is 0 Å². The van der Waals surface area contributed by atoms with Crippen LogP contribution >= 0.6 is 0 Å². The fourth-order valence-electron chi connectivity index (χ4n) is 0. The molecule has 0 spiro atoms. The molecule has 90 valence electrons. The minimum absolute atomic E-state index is 0.333. The van der Waals surface area contributed by atoms with Crippen LogP contribution in [0.3, 0.4) is 0 Å². The van der Waals surface area contributed by atoms with Gasteiger partial charge >= 0.3 is 0 Å². The van der Waals surface area contributed by atoms with Crippen LogP contribution in [0.5, 0.6) is 0 Å². The lowest BCUT2D eigenvalue weighted by Crippen LogP contribution is -2.82. The van der Waals surface area contributed by atoms with Gasteiger partial charge in [0.15, 0.2) is 0 Å². The van der Waals surface area contributed by atoms with Crippen molar-refractivity contribution >= 4 is 0 Å². The van der Waals surface area contributed by atoms with E-state index < -0.39 is 20.5 Å². The van der Waals surface area contributed by atoms with Crippen molar-refractivity contribution < 1.29 is 69.2 Å². The Morgan fingerprint density at radius 2 is 0.714 bits per heavy atom. The van der Waals surface area contributed by atoms with Gasteiger partial charge in [0.2, 0.25) is 6.17 Å². The zero-order valence-electron chi connectivity index (χ0n) is 7.01. The lowest BCUT2D eigenvalue weighted by molar-refractivity contribution is -2.00. The predicted molar refractivity (Wildman–Crippen MR) is 15.2 cm³/mol. The van der Waals surface area contributed by atoms with E-state index in [2.05, 4.69) is 11.5 Å². The van der Waals surface area contributed by atoms with Gasteiger partial charge in [0.25, 0.3) is 0 Å². The molecule has 0 radical (unpaired) electrons. The number of rotatable bonds is 0. The standard InChI is InChI=1S/C2H8N2.2ClHO4/c1-2(3)4;2*2-1(3,4)5/h2H,3-4H2,1H3;2*(H,2,3,4,5). The van der Waals surface area contributed by atoms with Gasteiger partial charge in [-0.3, -0.25) is 0 Å². The van der Waals surface area contributed by atoms with Crippen molar-refractivity contribution in [2.75, 3.05) is 0 Å². The molecule has 0 aliphatic rings. The fourth-order valence-corrected chi connectivity index (χ4v) is 0. The summed E-state index contributed by atoms with van der Waals surface area (Å²) in [6, 6.07) is 0. The summed E-state index contributed by atoms with van der Waals surface area (Å²) in [5.41, 5.74) is 7.06. The Morgan fingerprint density at radius 1 is 0.714 bits per heavy atom. The quantitative estimate of drug-likeness (QED) is 0.395. The van der Waals surface area contributed by atoms with E-state index in [1.54, 1.807) is 0 Å². The lowest BCUT2D eigenvalue weighted by Gasteiger charge is -2.17. The van der Waals surface area contributed by atoms with Gasteiger partial charge in [-0.2, -0.15) is 0 Å². The summed E-state index contributed by atoms with van der Waals surface area (Å²) in [6.45, 7) is 1.94. The molecular formula is C2H10Cl2N2O8. The summed E-state index contributed by atoms with van der Waals surface area (Å²) in [5, 5.41) is 0. The van der Waals surface area contributed by atoms with Crippen molar-refractivity contribution in [2.45, 2.75) is 13.1 Å². The van der Waals surface area contributed by atoms with Crippen LogP contribution in [-0.4, -0.2) is 6.17 Å². The van der Waals surface area contributed by atoms with Crippen LogP contribution in [0, 0.1) is 20.5 Å². The first-order valence-corrected chi connectivity index (χ1v) is 5.10. The van der Waals surface area contributed by atoms with E-state index in [4.69, 9.17) is 37.3 Å². The summed E-state index contributed by atoms with van der Waals surface area (Å²) < 4.78 is 67.9. The third-order valence-electron chi connectivity index (χ3n) is 0. The van der Waals surface area contributed by atoms with Gasteiger partial charge in [-0.15, -0.1) is 20.5 Å². The van der Waals surface area contributed by atoms with Crippen LogP contribution in [0.2, 0.25) is 0 Å². The third kappa shape index (κ3) is 47000. The lowest BCUT2D eigenvalue weighted by atomic mass is 10.7. The average molecular weight is 261 g/mol. The van der Waals surface area contributed by atoms with Crippen LogP contribution < -0.4 is 48.7 Å². The molecule has 0 aliphatic carbocycles. The van der Waals surface area contributed by atoms with Gasteiger partial charge < -0.3 is 11.5 Å². The Bertz CT molecular complexity index is 92.7. The monoisotopic (exact) mass is 260 g/mol. The van der Waals surface area contributed by atoms with Crippen molar-refractivity contribution in [1.29, 1.82) is 0 Å². The van der Waals surface area contributed by atoms with Gasteiger partial charge in [-0.25, -0.2) is 37.3 Å². The fraction of sp³-hybridized carbons (Fsp3) is 1.00. The topological polar surface area (TPSA) is 240 Å². The summed E-state index contributed by atoms with van der Waals surface area (Å²) in [5.74, 6) is 0. The second-order valence-electron chi connectivity index (χ2n) is 1.86. The Balaban J connectivity index is -0.000000131. The van der Waals surface area contributed by atoms with Crippen LogP contribution in [-0.2, 0) is 0 Å². The Labute approximate surface area is 83.1 Å². The largest absolute Gasteiger partial charge is 0.309 e. The first kappa shape index (κ1) is 19.7. The minimum Gasteiger partial charge on any atom is -0.309 e. The molecule has 14 heavy (non-hydrogen) atoms. The molecule has 6 N–H and O–H groups in total. The zero-order valence-corrected chi connectivity index (χ0v) is 8.53. The van der Waals surface area contributed by atoms with E-state index in [0.29, 0.717) is 6.17 Å². The van der Waals surface area contributed by atoms with Crippen molar-refractivity contribution in [3.8, 4) is 0 Å². The molecule has 0 atom stereocenters. The highest BCUT2D eigenvalue weighted by molar-refractivity contribution is 3.94. The maximum atomic E-state index is 8.49. The van der Waals surface area contributed by atoms with Crippen LogP contribution in [0.25, 0.3) is 0 Å². The minimum atomic E-state index is -4.94. The maximum absolute atomic E-state index is 8.49. The molecule has 0 aromatic heterocycles. The molecule has 0 heterocycles. The van der Waals surface area contributed by atoms with Gasteiger partial charge in [0.05, 0.1) is 0 Å².